The van der Waals surface area contributed by atoms with Gasteiger partial charge in [-0.25, -0.2) is 0 Å². The topological polar surface area (TPSA) is 75.4 Å². The lowest BCUT2D eigenvalue weighted by Gasteiger charge is -2.29. The van der Waals surface area contributed by atoms with Gasteiger partial charge in [0.05, 0.1) is 0 Å². The Balaban J connectivity index is 1.33. The quantitative estimate of drug-likeness (QED) is 0.453. The van der Waals surface area contributed by atoms with E-state index in [1.165, 1.54) is 0 Å². The van der Waals surface area contributed by atoms with Crippen LogP contribution in [0.1, 0.15) is 36.0 Å². The Morgan fingerprint density at radius 2 is 1.38 bits per heavy atom. The van der Waals surface area contributed by atoms with Crippen molar-refractivity contribution in [3.63, 3.8) is 0 Å². The second-order valence-corrected chi connectivity index (χ2v) is 8.61. The number of unbranched alkanes of at least 4 members (excludes halogenated alkanes) is 1. The van der Waals surface area contributed by atoms with Crippen molar-refractivity contribution in [1.82, 2.24) is 10.2 Å². The first-order valence-electron chi connectivity index (χ1n) is 11.8. The third kappa shape index (κ3) is 5.04. The highest BCUT2D eigenvalue weighted by atomic mass is 16.2. The summed E-state index contributed by atoms with van der Waals surface area (Å²) >= 11 is 0. The number of hydrogen-bond acceptors (Lipinski definition) is 3. The predicted octanol–water partition coefficient (Wildman–Crippen LogP) is 4.14. The summed E-state index contributed by atoms with van der Waals surface area (Å²) < 4.78 is 0. The van der Waals surface area contributed by atoms with Gasteiger partial charge >= 0.3 is 0 Å². The summed E-state index contributed by atoms with van der Waals surface area (Å²) in [6.07, 6.45) is 4.61. The highest BCUT2D eigenvalue weighted by Crippen LogP contribution is 2.41. The summed E-state index contributed by atoms with van der Waals surface area (Å²) in [7, 11) is 0. The molecule has 5 nitrogen and oxygen atoms in total. The van der Waals surface area contributed by atoms with Gasteiger partial charge in [0.1, 0.15) is 11.2 Å². The molecule has 2 amide bonds. The Hall–Kier alpha value is -3.86. The maximum absolute atomic E-state index is 13.8. The predicted molar refractivity (Wildman–Crippen MR) is 135 cm³/mol. The van der Waals surface area contributed by atoms with Gasteiger partial charge in [-0.3, -0.25) is 14.5 Å². The second-order valence-electron chi connectivity index (χ2n) is 8.61. The molecule has 0 spiro atoms. The Morgan fingerprint density at radius 1 is 0.824 bits per heavy atom. The number of amides is 2. The average Bonchev–Trinajstić information content (AvgIpc) is 3.14. The van der Waals surface area contributed by atoms with Crippen molar-refractivity contribution in [1.29, 1.82) is 0 Å². The number of rotatable bonds is 10. The van der Waals surface area contributed by atoms with Gasteiger partial charge in [0.25, 0.3) is 0 Å². The smallest absolute Gasteiger partial charge is 0.247 e. The van der Waals surface area contributed by atoms with Crippen LogP contribution in [-0.2, 0) is 21.4 Å². The molecule has 4 rings (SSSR count). The summed E-state index contributed by atoms with van der Waals surface area (Å²) in [4.78, 5) is 27.6. The van der Waals surface area contributed by atoms with Gasteiger partial charge in [0, 0.05) is 19.5 Å². The number of hydrogen-bond donors (Lipinski definition) is 2. The van der Waals surface area contributed by atoms with Gasteiger partial charge in [-0.15, -0.1) is 0 Å². The Morgan fingerprint density at radius 3 is 1.97 bits per heavy atom. The van der Waals surface area contributed by atoms with E-state index in [4.69, 9.17) is 5.73 Å². The van der Waals surface area contributed by atoms with E-state index in [1.54, 1.807) is 4.90 Å². The third-order valence-electron chi connectivity index (χ3n) is 6.33. The fraction of sp³-hybridized carbons (Fsp3) is 0.241. The van der Waals surface area contributed by atoms with E-state index in [-0.39, 0.29) is 11.8 Å². The van der Waals surface area contributed by atoms with Gasteiger partial charge in [0.2, 0.25) is 11.8 Å². The molecule has 5 heteroatoms. The Kier molecular flexibility index (Phi) is 7.43. The van der Waals surface area contributed by atoms with E-state index in [2.05, 4.69) is 5.32 Å². The molecule has 0 saturated heterocycles. The van der Waals surface area contributed by atoms with Crippen molar-refractivity contribution in [3.05, 3.63) is 120 Å². The molecular weight excluding hydrogens is 422 g/mol. The molecule has 34 heavy (non-hydrogen) atoms. The summed E-state index contributed by atoms with van der Waals surface area (Å²) in [6, 6.07) is 29.6. The molecule has 0 radical (unpaired) electrons. The molecule has 1 aliphatic rings. The van der Waals surface area contributed by atoms with Crippen LogP contribution in [0.15, 0.2) is 103 Å². The van der Waals surface area contributed by atoms with E-state index >= 15 is 0 Å². The number of carbonyl (C=O) groups excluding carboxylic acids is 2. The molecule has 0 aliphatic carbocycles. The van der Waals surface area contributed by atoms with Gasteiger partial charge < -0.3 is 11.1 Å². The molecule has 0 aromatic heterocycles. The molecule has 0 bridgehead atoms. The number of aryl methyl sites for hydroxylation is 1. The van der Waals surface area contributed by atoms with Gasteiger partial charge in [-0.2, -0.15) is 0 Å². The minimum absolute atomic E-state index is 0.0331. The monoisotopic (exact) mass is 453 g/mol. The first kappa shape index (κ1) is 23.3. The van der Waals surface area contributed by atoms with Crippen molar-refractivity contribution in [3.8, 4) is 0 Å². The van der Waals surface area contributed by atoms with Crippen LogP contribution in [0.2, 0.25) is 0 Å². The fourth-order valence-corrected chi connectivity index (χ4v) is 4.52. The first-order chi connectivity index (χ1) is 16.6. The van der Waals surface area contributed by atoms with Crippen molar-refractivity contribution < 1.29 is 9.59 Å². The molecule has 3 aromatic rings. The molecule has 0 fully saturated rings. The van der Waals surface area contributed by atoms with Gasteiger partial charge in [-0.05, 0) is 42.0 Å². The Bertz CT molecular complexity index is 1090. The summed E-state index contributed by atoms with van der Waals surface area (Å²) in [6.45, 7) is 1.10. The summed E-state index contributed by atoms with van der Waals surface area (Å²) in [5, 5.41) is 2.98. The third-order valence-corrected chi connectivity index (χ3v) is 6.33. The van der Waals surface area contributed by atoms with Crippen LogP contribution < -0.4 is 11.1 Å². The van der Waals surface area contributed by atoms with E-state index in [9.17, 15) is 9.59 Å². The van der Waals surface area contributed by atoms with Crippen LogP contribution in [0, 0.1) is 0 Å². The lowest BCUT2D eigenvalue weighted by Crippen LogP contribution is -2.41. The number of nitrogens with one attached hydrogen (secondary N) is 1. The van der Waals surface area contributed by atoms with Gasteiger partial charge in [0.15, 0.2) is 0 Å². The second kappa shape index (κ2) is 10.8. The molecule has 3 N–H and O–H groups in total. The van der Waals surface area contributed by atoms with Crippen molar-refractivity contribution in [2.45, 2.75) is 31.1 Å². The van der Waals surface area contributed by atoms with E-state index < -0.39 is 5.41 Å². The lowest BCUT2D eigenvalue weighted by atomic mass is 9.74. The number of carbonyl (C=O) groups is 2. The highest BCUT2D eigenvalue weighted by molar-refractivity contribution is 5.98. The zero-order valence-corrected chi connectivity index (χ0v) is 19.3. The van der Waals surface area contributed by atoms with Crippen LogP contribution in [-0.4, -0.2) is 29.8 Å². The van der Waals surface area contributed by atoms with Crippen LogP contribution in [0.25, 0.3) is 0 Å². The number of nitrogens with zero attached hydrogens (tertiary/aromatic N) is 1. The van der Waals surface area contributed by atoms with Crippen LogP contribution in [0.4, 0.5) is 0 Å². The minimum atomic E-state index is -0.918. The molecule has 0 unspecified atom stereocenters. The standard InChI is InChI=1S/C29H31N3O2/c30-26-22-29(24-14-6-2-7-15-24,25-16-8-3-9-17-25)28(34)32(26)21-11-10-20-31-27(33)19-18-23-12-4-1-5-13-23/h1-9,12-17,22H,10-11,18-21,30H2,(H,31,33). The zero-order chi connectivity index (χ0) is 23.8. The van der Waals surface area contributed by atoms with Gasteiger partial charge in [-0.1, -0.05) is 91.0 Å². The molecule has 0 atom stereocenters. The van der Waals surface area contributed by atoms with E-state index in [0.29, 0.717) is 25.3 Å². The average molecular weight is 454 g/mol. The fourth-order valence-electron chi connectivity index (χ4n) is 4.52. The normalized spacial score (nSPS) is 14.6. The van der Waals surface area contributed by atoms with E-state index in [0.717, 1.165) is 36.0 Å². The van der Waals surface area contributed by atoms with Crippen molar-refractivity contribution in [2.24, 2.45) is 5.73 Å². The van der Waals surface area contributed by atoms with Crippen molar-refractivity contribution in [2.75, 3.05) is 13.1 Å². The lowest BCUT2D eigenvalue weighted by molar-refractivity contribution is -0.131. The molecule has 3 aromatic carbocycles. The van der Waals surface area contributed by atoms with Crippen molar-refractivity contribution >= 4 is 11.8 Å². The zero-order valence-electron chi connectivity index (χ0n) is 19.3. The maximum Gasteiger partial charge on any atom is 0.247 e. The molecule has 1 aliphatic heterocycles. The highest BCUT2D eigenvalue weighted by Gasteiger charge is 2.48. The first-order valence-corrected chi connectivity index (χ1v) is 11.8. The SMILES string of the molecule is NC1=CC(c2ccccc2)(c2ccccc2)C(=O)N1CCCCNC(=O)CCc1ccccc1. The van der Waals surface area contributed by atoms with Crippen LogP contribution in [0.5, 0.6) is 0 Å². The summed E-state index contributed by atoms with van der Waals surface area (Å²) in [5.41, 5.74) is 8.43. The summed E-state index contributed by atoms with van der Waals surface area (Å²) in [5.74, 6) is 0.492. The Labute approximate surface area is 201 Å². The number of nitrogens with two attached hydrogens (primary N) is 1. The molecule has 0 saturated carbocycles. The minimum Gasteiger partial charge on any atom is -0.385 e. The van der Waals surface area contributed by atoms with Crippen LogP contribution >= 0.6 is 0 Å². The van der Waals surface area contributed by atoms with Crippen LogP contribution in [0.3, 0.4) is 0 Å². The molecular formula is C29H31N3O2. The molecule has 1 heterocycles. The molecule has 174 valence electrons. The number of benzene rings is 3. The largest absolute Gasteiger partial charge is 0.385 e. The van der Waals surface area contributed by atoms with E-state index in [1.807, 2.05) is 97.1 Å². The maximum atomic E-state index is 13.8.